The van der Waals surface area contributed by atoms with Gasteiger partial charge in [-0.05, 0) is 49.2 Å². The van der Waals surface area contributed by atoms with Crippen molar-refractivity contribution in [2.45, 2.75) is 32.5 Å². The van der Waals surface area contributed by atoms with Crippen molar-refractivity contribution in [3.8, 4) is 5.75 Å². The average Bonchev–Trinajstić information content (AvgIpc) is 2.52. The highest BCUT2D eigenvalue weighted by molar-refractivity contribution is 6.30. The lowest BCUT2D eigenvalue weighted by molar-refractivity contribution is -0.123. The van der Waals surface area contributed by atoms with Gasteiger partial charge in [-0.25, -0.2) is 0 Å². The number of nitrogens with two attached hydrogens (primary N) is 1. The molecule has 4 nitrogen and oxygen atoms in total. The minimum absolute atomic E-state index is 0.376. The molecule has 23 heavy (non-hydrogen) atoms. The molecule has 0 bridgehead atoms. The van der Waals surface area contributed by atoms with Crippen LogP contribution in [0.3, 0.4) is 0 Å². The normalized spacial score (nSPS) is 11.3. The summed E-state index contributed by atoms with van der Waals surface area (Å²) in [4.78, 5) is 11.3. The molecule has 0 fully saturated rings. The van der Waals surface area contributed by atoms with E-state index in [1.807, 2.05) is 48.5 Å². The highest BCUT2D eigenvalue weighted by Crippen LogP contribution is 2.16. The lowest BCUT2D eigenvalue weighted by atomic mass is 10.0. The molecule has 0 saturated carbocycles. The molecule has 0 aliphatic rings. The van der Waals surface area contributed by atoms with Gasteiger partial charge >= 0.3 is 0 Å². The van der Waals surface area contributed by atoms with E-state index in [4.69, 9.17) is 22.1 Å². The minimum atomic E-state index is -0.734. The second-order valence-electron chi connectivity index (χ2n) is 5.91. The van der Waals surface area contributed by atoms with E-state index in [2.05, 4.69) is 5.32 Å². The summed E-state index contributed by atoms with van der Waals surface area (Å²) >= 11 is 5.95. The predicted molar refractivity (Wildman–Crippen MR) is 92.3 cm³/mol. The first-order valence-electron chi connectivity index (χ1n) is 7.38. The van der Waals surface area contributed by atoms with Crippen LogP contribution in [0.5, 0.6) is 5.75 Å². The first kappa shape index (κ1) is 17.3. The Morgan fingerprint density at radius 3 is 2.48 bits per heavy atom. The summed E-state index contributed by atoms with van der Waals surface area (Å²) in [5.74, 6) is 0.405. The number of amides is 1. The first-order valence-corrected chi connectivity index (χ1v) is 7.76. The van der Waals surface area contributed by atoms with Crippen molar-refractivity contribution in [2.24, 2.45) is 5.73 Å². The van der Waals surface area contributed by atoms with Gasteiger partial charge < -0.3 is 10.5 Å². The van der Waals surface area contributed by atoms with Crippen molar-refractivity contribution in [1.82, 2.24) is 5.32 Å². The van der Waals surface area contributed by atoms with Crippen LogP contribution in [0.4, 0.5) is 0 Å². The van der Waals surface area contributed by atoms with Crippen LogP contribution in [0, 0.1) is 0 Å². The minimum Gasteiger partial charge on any atom is -0.489 e. The van der Waals surface area contributed by atoms with Gasteiger partial charge in [0.2, 0.25) is 5.91 Å². The monoisotopic (exact) mass is 332 g/mol. The van der Waals surface area contributed by atoms with Gasteiger partial charge in [0.25, 0.3) is 0 Å². The third-order valence-electron chi connectivity index (χ3n) is 3.57. The van der Waals surface area contributed by atoms with Crippen LogP contribution in [0.25, 0.3) is 0 Å². The maximum absolute atomic E-state index is 11.3. The van der Waals surface area contributed by atoms with Gasteiger partial charge in [0.1, 0.15) is 12.4 Å². The quantitative estimate of drug-likeness (QED) is 0.818. The fourth-order valence-electron chi connectivity index (χ4n) is 1.91. The highest BCUT2D eigenvalue weighted by atomic mass is 35.5. The van der Waals surface area contributed by atoms with E-state index in [0.29, 0.717) is 18.2 Å². The zero-order valence-corrected chi connectivity index (χ0v) is 14.1. The number of hydrogen-bond acceptors (Lipinski definition) is 3. The van der Waals surface area contributed by atoms with Crippen LogP contribution in [-0.2, 0) is 17.9 Å². The summed E-state index contributed by atoms with van der Waals surface area (Å²) in [7, 11) is 0. The topological polar surface area (TPSA) is 64.3 Å². The van der Waals surface area contributed by atoms with Crippen LogP contribution in [0.2, 0.25) is 5.02 Å². The number of carbonyl (C=O) groups is 1. The molecule has 122 valence electrons. The molecule has 5 heteroatoms. The predicted octanol–water partition coefficient (Wildman–Crippen LogP) is 3.27. The van der Waals surface area contributed by atoms with Gasteiger partial charge in [0, 0.05) is 11.6 Å². The third kappa shape index (κ3) is 5.27. The Bertz CT molecular complexity index is 669. The van der Waals surface area contributed by atoms with Crippen molar-refractivity contribution in [1.29, 1.82) is 0 Å². The molecule has 0 unspecified atom stereocenters. The molecule has 0 spiro atoms. The van der Waals surface area contributed by atoms with Gasteiger partial charge in [0.15, 0.2) is 0 Å². The van der Waals surface area contributed by atoms with Crippen LogP contribution in [-0.4, -0.2) is 11.4 Å². The summed E-state index contributed by atoms with van der Waals surface area (Å²) in [5, 5.41) is 3.83. The molecule has 0 aliphatic heterocycles. The summed E-state index contributed by atoms with van der Waals surface area (Å²) in [5.41, 5.74) is 6.67. The van der Waals surface area contributed by atoms with Crippen molar-refractivity contribution < 1.29 is 9.53 Å². The van der Waals surface area contributed by atoms with Gasteiger partial charge in [0.05, 0.1) is 5.54 Å². The van der Waals surface area contributed by atoms with Gasteiger partial charge in [-0.3, -0.25) is 10.1 Å². The number of benzene rings is 2. The Morgan fingerprint density at radius 2 is 1.87 bits per heavy atom. The zero-order chi connectivity index (χ0) is 16.9. The molecule has 0 radical (unpaired) electrons. The summed E-state index contributed by atoms with van der Waals surface area (Å²) in [6.07, 6.45) is 0. The second kappa shape index (κ2) is 7.49. The largest absolute Gasteiger partial charge is 0.489 e. The van der Waals surface area contributed by atoms with Crippen LogP contribution < -0.4 is 15.8 Å². The van der Waals surface area contributed by atoms with E-state index in [-0.39, 0.29) is 5.91 Å². The standard InChI is InChI=1S/C18H21ClN2O2/c1-18(2,17(20)22)21-11-13-6-8-16(9-7-13)23-12-14-4-3-5-15(19)10-14/h3-10,21H,11-12H2,1-2H3,(H2,20,22). The number of hydrogen-bond donors (Lipinski definition) is 2. The van der Waals surface area contributed by atoms with Gasteiger partial charge in [-0.15, -0.1) is 0 Å². The Morgan fingerprint density at radius 1 is 1.17 bits per heavy atom. The Labute approximate surface area is 141 Å². The SMILES string of the molecule is CC(C)(NCc1ccc(OCc2cccc(Cl)c2)cc1)C(N)=O. The van der Waals surface area contributed by atoms with E-state index in [0.717, 1.165) is 16.9 Å². The van der Waals surface area contributed by atoms with Crippen LogP contribution in [0.15, 0.2) is 48.5 Å². The Hall–Kier alpha value is -2.04. The zero-order valence-electron chi connectivity index (χ0n) is 13.3. The van der Waals surface area contributed by atoms with Crippen LogP contribution in [0.1, 0.15) is 25.0 Å². The average molecular weight is 333 g/mol. The van der Waals surface area contributed by atoms with Crippen molar-refractivity contribution in [3.63, 3.8) is 0 Å². The lowest BCUT2D eigenvalue weighted by Gasteiger charge is -2.22. The fourth-order valence-corrected chi connectivity index (χ4v) is 2.12. The van der Waals surface area contributed by atoms with E-state index >= 15 is 0 Å². The Balaban J connectivity index is 1.88. The number of carbonyl (C=O) groups excluding carboxylic acids is 1. The number of rotatable bonds is 7. The first-order chi connectivity index (χ1) is 10.9. The molecular formula is C18H21ClN2O2. The van der Waals surface area contributed by atoms with Gasteiger partial charge in [-0.1, -0.05) is 35.9 Å². The van der Waals surface area contributed by atoms with Gasteiger partial charge in [-0.2, -0.15) is 0 Å². The maximum Gasteiger partial charge on any atom is 0.237 e. The number of nitrogens with one attached hydrogen (secondary N) is 1. The lowest BCUT2D eigenvalue weighted by Crippen LogP contribution is -2.50. The smallest absolute Gasteiger partial charge is 0.237 e. The molecular weight excluding hydrogens is 312 g/mol. The molecule has 0 saturated heterocycles. The molecule has 0 aromatic heterocycles. The van der Waals surface area contributed by atoms with E-state index in [1.54, 1.807) is 13.8 Å². The van der Waals surface area contributed by atoms with Crippen LogP contribution >= 0.6 is 11.6 Å². The molecule has 2 aromatic rings. The molecule has 1 amide bonds. The molecule has 2 rings (SSSR count). The molecule has 0 atom stereocenters. The molecule has 2 aromatic carbocycles. The molecule has 0 heterocycles. The summed E-state index contributed by atoms with van der Waals surface area (Å²) in [6, 6.07) is 15.3. The summed E-state index contributed by atoms with van der Waals surface area (Å²) in [6.45, 7) is 4.55. The fraction of sp³-hybridized carbons (Fsp3) is 0.278. The number of primary amides is 1. The third-order valence-corrected chi connectivity index (χ3v) is 3.80. The Kier molecular flexibility index (Phi) is 5.64. The van der Waals surface area contributed by atoms with E-state index < -0.39 is 5.54 Å². The van der Waals surface area contributed by atoms with E-state index in [9.17, 15) is 4.79 Å². The second-order valence-corrected chi connectivity index (χ2v) is 6.34. The van der Waals surface area contributed by atoms with Crippen molar-refractivity contribution >= 4 is 17.5 Å². The molecule has 0 aliphatic carbocycles. The number of halogens is 1. The summed E-state index contributed by atoms with van der Waals surface area (Å²) < 4.78 is 5.73. The molecule has 3 N–H and O–H groups in total. The van der Waals surface area contributed by atoms with E-state index in [1.165, 1.54) is 0 Å². The van der Waals surface area contributed by atoms with Crippen molar-refractivity contribution in [3.05, 3.63) is 64.7 Å². The van der Waals surface area contributed by atoms with Crippen molar-refractivity contribution in [2.75, 3.05) is 0 Å². The maximum atomic E-state index is 11.3. The number of ether oxygens (including phenoxy) is 1. The highest BCUT2D eigenvalue weighted by Gasteiger charge is 2.23.